The van der Waals surface area contributed by atoms with Crippen LogP contribution in [0.2, 0.25) is 0 Å². The third-order valence-electron chi connectivity index (χ3n) is 1.09. The smallest absolute Gasteiger partial charge is 0.308 e. The topological polar surface area (TPSA) is 43.4 Å². The van der Waals surface area contributed by atoms with Crippen LogP contribution in [0.15, 0.2) is 12.3 Å². The van der Waals surface area contributed by atoms with Gasteiger partial charge in [-0.15, -0.1) is 0 Å². The third kappa shape index (κ3) is 1.71. The molecule has 1 saturated heterocycles. The van der Waals surface area contributed by atoms with Gasteiger partial charge in [0.2, 0.25) is 0 Å². The number of rotatable bonds is 0. The van der Waals surface area contributed by atoms with Crippen LogP contribution in [0.1, 0.15) is 12.8 Å². The molecule has 0 amide bonds. The van der Waals surface area contributed by atoms with E-state index in [1.807, 2.05) is 0 Å². The predicted octanol–water partition coefficient (Wildman–Crippen LogP) is 0.640. The van der Waals surface area contributed by atoms with Crippen molar-refractivity contribution < 1.29 is 12.6 Å². The van der Waals surface area contributed by atoms with E-state index >= 15 is 0 Å². The van der Waals surface area contributed by atoms with Crippen LogP contribution in [0.5, 0.6) is 0 Å². The lowest BCUT2D eigenvalue weighted by atomic mass is 10.3. The molecule has 0 radical (unpaired) electrons. The van der Waals surface area contributed by atoms with Crippen LogP contribution in [0, 0.1) is 0 Å². The zero-order chi connectivity index (χ0) is 6.91. The van der Waals surface area contributed by atoms with Gasteiger partial charge in [-0.3, -0.25) is 0 Å². The third-order valence-corrected chi connectivity index (χ3v) is 2.37. The first-order valence-electron chi connectivity index (χ1n) is 2.70. The van der Waals surface area contributed by atoms with E-state index in [1.165, 1.54) is 0 Å². The Labute approximate surface area is 54.5 Å². The van der Waals surface area contributed by atoms with Gasteiger partial charge in [0.1, 0.15) is 5.76 Å². The van der Waals surface area contributed by atoms with E-state index in [2.05, 4.69) is 10.8 Å². The molecule has 1 rings (SSSR count). The zero-order valence-electron chi connectivity index (χ0n) is 4.96. The van der Waals surface area contributed by atoms with Crippen molar-refractivity contribution >= 4 is 10.1 Å². The summed E-state index contributed by atoms with van der Waals surface area (Å²) in [6.45, 7) is 3.41. The molecule has 0 aromatic rings. The molecule has 0 N–H and O–H groups in total. The van der Waals surface area contributed by atoms with Crippen molar-refractivity contribution in [2.24, 2.45) is 0 Å². The largest absolute Gasteiger partial charge is 0.388 e. The summed E-state index contributed by atoms with van der Waals surface area (Å²) in [5.41, 5.74) is 0. The van der Waals surface area contributed by atoms with Crippen molar-refractivity contribution in [2.75, 3.05) is 5.75 Å². The standard InChI is InChI=1S/C5H8O3S/c1-5-3-2-4-9(6,7)8-5/h1-4H2. The molecule has 3 nitrogen and oxygen atoms in total. The van der Waals surface area contributed by atoms with Gasteiger partial charge in [0.15, 0.2) is 0 Å². The molecule has 1 aliphatic rings. The van der Waals surface area contributed by atoms with Gasteiger partial charge in [0, 0.05) is 6.42 Å². The van der Waals surface area contributed by atoms with E-state index < -0.39 is 10.1 Å². The Bertz CT molecular complexity index is 214. The Hall–Kier alpha value is -0.510. The van der Waals surface area contributed by atoms with Gasteiger partial charge in [-0.25, -0.2) is 0 Å². The molecule has 4 heteroatoms. The molecule has 0 unspecified atom stereocenters. The van der Waals surface area contributed by atoms with E-state index in [-0.39, 0.29) is 5.75 Å². The second-order valence-electron chi connectivity index (χ2n) is 1.99. The van der Waals surface area contributed by atoms with Crippen molar-refractivity contribution in [3.63, 3.8) is 0 Å². The molecule has 0 aromatic heterocycles. The number of allylic oxidation sites excluding steroid dienone is 1. The van der Waals surface area contributed by atoms with Crippen LogP contribution >= 0.6 is 0 Å². The Morgan fingerprint density at radius 1 is 1.56 bits per heavy atom. The normalized spacial score (nSPS) is 25.1. The zero-order valence-corrected chi connectivity index (χ0v) is 5.78. The molecule has 1 fully saturated rings. The highest BCUT2D eigenvalue weighted by Gasteiger charge is 2.18. The van der Waals surface area contributed by atoms with Crippen LogP contribution in [-0.4, -0.2) is 14.2 Å². The summed E-state index contributed by atoms with van der Waals surface area (Å²) in [6, 6.07) is 0. The molecule has 1 heterocycles. The average molecular weight is 148 g/mol. The molecular formula is C5H8O3S. The van der Waals surface area contributed by atoms with Crippen molar-refractivity contribution in [2.45, 2.75) is 12.8 Å². The van der Waals surface area contributed by atoms with E-state index in [9.17, 15) is 8.42 Å². The summed E-state index contributed by atoms with van der Waals surface area (Å²) in [5.74, 6) is 0.493. The fourth-order valence-electron chi connectivity index (χ4n) is 0.709. The van der Waals surface area contributed by atoms with Crippen LogP contribution in [0.4, 0.5) is 0 Å². The summed E-state index contributed by atoms with van der Waals surface area (Å²) in [7, 11) is -3.23. The van der Waals surface area contributed by atoms with E-state index in [4.69, 9.17) is 0 Å². The van der Waals surface area contributed by atoms with Gasteiger partial charge in [0.05, 0.1) is 5.75 Å². The van der Waals surface area contributed by atoms with Crippen molar-refractivity contribution in [1.82, 2.24) is 0 Å². The maximum atomic E-state index is 10.6. The maximum absolute atomic E-state index is 10.6. The molecule has 9 heavy (non-hydrogen) atoms. The quantitative estimate of drug-likeness (QED) is 0.473. The Kier molecular flexibility index (Phi) is 1.48. The van der Waals surface area contributed by atoms with Crippen LogP contribution in [-0.2, 0) is 14.3 Å². The molecule has 0 atom stereocenters. The van der Waals surface area contributed by atoms with Crippen molar-refractivity contribution in [1.29, 1.82) is 0 Å². The summed E-state index contributed by atoms with van der Waals surface area (Å²) < 4.78 is 25.6. The highest BCUT2D eigenvalue weighted by Crippen LogP contribution is 2.16. The van der Waals surface area contributed by atoms with E-state index in [1.54, 1.807) is 0 Å². The second kappa shape index (κ2) is 2.02. The minimum Gasteiger partial charge on any atom is -0.388 e. The van der Waals surface area contributed by atoms with Gasteiger partial charge in [0.25, 0.3) is 0 Å². The lowest BCUT2D eigenvalue weighted by molar-refractivity contribution is 0.372. The lowest BCUT2D eigenvalue weighted by Crippen LogP contribution is -2.15. The van der Waals surface area contributed by atoms with Crippen LogP contribution < -0.4 is 0 Å². The number of hydrogen-bond acceptors (Lipinski definition) is 3. The summed E-state index contributed by atoms with van der Waals surface area (Å²) in [6.07, 6.45) is 1.31. The van der Waals surface area contributed by atoms with Gasteiger partial charge >= 0.3 is 10.1 Å². The number of hydrogen-bond donors (Lipinski definition) is 0. The summed E-state index contributed by atoms with van der Waals surface area (Å²) >= 11 is 0. The van der Waals surface area contributed by atoms with Gasteiger partial charge in [-0.1, -0.05) is 6.58 Å². The molecule has 0 bridgehead atoms. The fraction of sp³-hybridized carbons (Fsp3) is 0.600. The minimum absolute atomic E-state index is 0.131. The highest BCUT2D eigenvalue weighted by atomic mass is 32.2. The summed E-state index contributed by atoms with van der Waals surface area (Å²) in [5, 5.41) is 0. The van der Waals surface area contributed by atoms with Gasteiger partial charge in [-0.05, 0) is 6.42 Å². The molecule has 1 aliphatic heterocycles. The second-order valence-corrected chi connectivity index (χ2v) is 3.68. The molecule has 0 saturated carbocycles. The minimum atomic E-state index is -3.23. The van der Waals surface area contributed by atoms with Gasteiger partial charge < -0.3 is 4.18 Å². The van der Waals surface area contributed by atoms with E-state index in [0.717, 1.165) is 0 Å². The Morgan fingerprint density at radius 2 is 2.22 bits per heavy atom. The molecule has 0 aromatic carbocycles. The SMILES string of the molecule is C=C1CCCS(=O)(=O)O1. The maximum Gasteiger partial charge on any atom is 0.308 e. The highest BCUT2D eigenvalue weighted by molar-refractivity contribution is 7.86. The van der Waals surface area contributed by atoms with Crippen LogP contribution in [0.25, 0.3) is 0 Å². The molecular weight excluding hydrogens is 140 g/mol. The van der Waals surface area contributed by atoms with Crippen molar-refractivity contribution in [3.05, 3.63) is 12.3 Å². The summed E-state index contributed by atoms with van der Waals surface area (Å²) in [4.78, 5) is 0. The lowest BCUT2D eigenvalue weighted by Gasteiger charge is -2.13. The first kappa shape index (κ1) is 6.61. The van der Waals surface area contributed by atoms with Crippen molar-refractivity contribution in [3.8, 4) is 0 Å². The Morgan fingerprint density at radius 3 is 2.56 bits per heavy atom. The van der Waals surface area contributed by atoms with Gasteiger partial charge in [-0.2, -0.15) is 8.42 Å². The van der Waals surface area contributed by atoms with Crippen LogP contribution in [0.3, 0.4) is 0 Å². The monoisotopic (exact) mass is 148 g/mol. The first-order chi connectivity index (χ1) is 4.10. The fourth-order valence-corrected chi connectivity index (χ4v) is 1.73. The van der Waals surface area contributed by atoms with E-state index in [0.29, 0.717) is 18.6 Å². The molecule has 0 spiro atoms. The Balaban J connectivity index is 2.73. The molecule has 52 valence electrons. The average Bonchev–Trinajstić information content (AvgIpc) is 1.60. The molecule has 0 aliphatic carbocycles. The predicted molar refractivity (Wildman–Crippen MR) is 33.2 cm³/mol. The first-order valence-corrected chi connectivity index (χ1v) is 4.28.